The number of rotatable bonds is 19. The van der Waals surface area contributed by atoms with E-state index in [1.807, 2.05) is 36.4 Å². The predicted molar refractivity (Wildman–Crippen MR) is 325 cm³/mol. The van der Waals surface area contributed by atoms with E-state index in [-0.39, 0.29) is 13.3 Å². The van der Waals surface area contributed by atoms with Crippen molar-refractivity contribution in [2.45, 2.75) is 66.6 Å². The molecule has 2 aliphatic rings. The van der Waals surface area contributed by atoms with Crippen molar-refractivity contribution < 1.29 is 29.5 Å². The largest absolute Gasteiger partial charge is 0.488 e. The highest BCUT2D eigenvalue weighted by molar-refractivity contribution is 6.98. The summed E-state index contributed by atoms with van der Waals surface area (Å²) in [4.78, 5) is 19.4. The van der Waals surface area contributed by atoms with Crippen LogP contribution in [0.3, 0.4) is 0 Å². The Balaban J connectivity index is 0.00000784. The van der Waals surface area contributed by atoms with Crippen molar-refractivity contribution in [3.63, 3.8) is 0 Å². The number of allylic oxidation sites excluding steroid dienone is 5. The van der Waals surface area contributed by atoms with Crippen molar-refractivity contribution in [3.8, 4) is 0 Å². The summed E-state index contributed by atoms with van der Waals surface area (Å²) in [5.74, 6) is -0.172. The average molecular weight is 1040 g/mol. The lowest BCUT2D eigenvalue weighted by Crippen LogP contribution is -2.49. The normalized spacial score (nSPS) is 13.6. The molecule has 1 aliphatic carbocycles. The second-order valence-electron chi connectivity index (χ2n) is 21.4. The Labute approximate surface area is 457 Å². The lowest BCUT2D eigenvalue weighted by atomic mass is 9.77. The molecule has 5 N–H and O–H groups in total. The fourth-order valence-corrected chi connectivity index (χ4v) is 14.3. The van der Waals surface area contributed by atoms with Gasteiger partial charge in [-0.2, -0.15) is 0 Å². The van der Waals surface area contributed by atoms with Gasteiger partial charge in [-0.05, 0) is 124 Å². The summed E-state index contributed by atoms with van der Waals surface area (Å²) in [5, 5.41) is 52.4. The van der Waals surface area contributed by atoms with Crippen molar-refractivity contribution in [2.24, 2.45) is 0 Å². The highest BCUT2D eigenvalue weighted by atomic mass is 28.3. The molecule has 7 aromatic rings. The summed E-state index contributed by atoms with van der Waals surface area (Å²) in [7, 11) is 3.09. The monoisotopic (exact) mass is 1040 g/mol. The molecule has 0 radical (unpaired) electrons. The van der Waals surface area contributed by atoms with Gasteiger partial charge in [-0.1, -0.05) is 154 Å². The number of carbonyl (C=O) groups excluding carboxylic acids is 1. The first-order chi connectivity index (χ1) is 36.5. The number of anilines is 1. The van der Waals surface area contributed by atoms with Crippen molar-refractivity contribution in [1.29, 1.82) is 0 Å². The Hall–Kier alpha value is -6.93. The molecule has 0 spiro atoms. The minimum atomic E-state index is -2.12. The third-order valence-electron chi connectivity index (χ3n) is 15.3. The maximum atomic E-state index is 12.4. The van der Waals surface area contributed by atoms with Crippen LogP contribution in [-0.2, 0) is 37.5 Å². The second-order valence-corrected chi connectivity index (χ2v) is 25.7. The molecule has 1 aliphatic heterocycles. The Morgan fingerprint density at radius 3 is 1.70 bits per heavy atom. The quantitative estimate of drug-likeness (QED) is 0.0183. The van der Waals surface area contributed by atoms with Gasteiger partial charge in [0, 0.05) is 83.3 Å². The van der Waals surface area contributed by atoms with Crippen LogP contribution in [0.25, 0.3) is 27.1 Å². The Bertz CT molecular complexity index is 3410. The van der Waals surface area contributed by atoms with Gasteiger partial charge in [0.05, 0.1) is 0 Å². The van der Waals surface area contributed by atoms with E-state index in [2.05, 4.69) is 182 Å². The molecule has 0 saturated carbocycles. The van der Waals surface area contributed by atoms with Crippen molar-refractivity contribution in [1.82, 2.24) is 15.1 Å². The smallest absolute Gasteiger partial charge is 0.423 e. The van der Waals surface area contributed by atoms with Gasteiger partial charge in [0.25, 0.3) is 0 Å². The van der Waals surface area contributed by atoms with E-state index in [4.69, 9.17) is 0 Å². The molecule has 0 saturated heterocycles. The zero-order valence-corrected chi connectivity index (χ0v) is 46.0. The first-order valence-electron chi connectivity index (χ1n) is 26.3. The maximum Gasteiger partial charge on any atom is 0.488 e. The van der Waals surface area contributed by atoms with E-state index in [0.717, 1.165) is 43.8 Å². The zero-order valence-electron chi connectivity index (χ0n) is 45.0. The number of nitrogens with one attached hydrogen (secondary N) is 1. The average Bonchev–Trinajstić information content (AvgIpc) is 3.41. The van der Waals surface area contributed by atoms with Crippen LogP contribution in [0.5, 0.6) is 0 Å². The topological polar surface area (TPSA) is 123 Å². The summed E-state index contributed by atoms with van der Waals surface area (Å²) < 4.78 is 2.19. The van der Waals surface area contributed by atoms with E-state index >= 15 is 0 Å². The molecule has 0 unspecified atom stereocenters. The van der Waals surface area contributed by atoms with Crippen LogP contribution >= 0.6 is 0 Å². The Morgan fingerprint density at radius 2 is 1.18 bits per heavy atom. The number of benzene rings is 7. The van der Waals surface area contributed by atoms with E-state index in [1.165, 1.54) is 49.6 Å². The number of hydrogen-bond donors (Lipinski definition) is 5. The molecule has 9 rings (SSSR count). The highest BCUT2D eigenvalue weighted by Crippen LogP contribution is 2.42. The van der Waals surface area contributed by atoms with Gasteiger partial charge in [0.2, 0.25) is 5.91 Å². The Morgan fingerprint density at radius 1 is 0.662 bits per heavy atom. The lowest BCUT2D eigenvalue weighted by Gasteiger charge is -2.38. The number of hydrogen-bond acceptors (Lipinski definition) is 8. The summed E-state index contributed by atoms with van der Waals surface area (Å²) in [6.07, 6.45) is 7.65. The summed E-state index contributed by atoms with van der Waals surface area (Å²) in [5.41, 5.74) is 14.0. The number of nitrogens with zero attached hydrogens (tertiary/aromatic N) is 4. The maximum absolute atomic E-state index is 12.4. The lowest BCUT2D eigenvalue weighted by molar-refractivity contribution is -0.462. The van der Waals surface area contributed by atoms with Crippen molar-refractivity contribution in [2.75, 3.05) is 46.2 Å². The van der Waals surface area contributed by atoms with Crippen LogP contribution in [0.2, 0.25) is 13.1 Å². The molecule has 0 bridgehead atoms. The standard InChI is InChI=1S/C63H69B2N5O5Si.CH4/c1-43(2)63(71)66-34-17-35-69(39-46-18-9-15-24-58(46)64(72)73)41-56-50-20-11-13-22-52(50)57(53-23-14-12-21-51(53)56)42-70(40-47-19-10-16-25-59(47)65(74)75)38-44-26-28-45(29-27-44)62-54-32-30-48(67(3)4)36-60(54)76(7,8)61-37-49(68(5)6)31-33-55(61)62;/h9-16,18-33,36-37,72-75H,1,17,34-35,38-42H2,2-8H3;1H4/p+1. The van der Waals surface area contributed by atoms with Crippen LogP contribution < -0.4 is 26.3 Å². The molecule has 394 valence electrons. The van der Waals surface area contributed by atoms with Crippen molar-refractivity contribution >= 4 is 82.8 Å². The number of fused-ring (bicyclic) bond motifs is 4. The summed E-state index contributed by atoms with van der Waals surface area (Å²) in [6.45, 7) is 14.2. The molecule has 1 heterocycles. The van der Waals surface area contributed by atoms with Gasteiger partial charge in [-0.25, -0.2) is 4.58 Å². The second kappa shape index (κ2) is 24.2. The van der Waals surface area contributed by atoms with Crippen LogP contribution in [-0.4, -0.2) is 110 Å². The third kappa shape index (κ3) is 12.1. The van der Waals surface area contributed by atoms with Crippen LogP contribution in [0.4, 0.5) is 5.69 Å². The van der Waals surface area contributed by atoms with Crippen LogP contribution in [0.1, 0.15) is 59.7 Å². The first-order valence-corrected chi connectivity index (χ1v) is 29.3. The fraction of sp³-hybridized carbons (Fsp3) is 0.250. The number of carbonyl (C=O) groups is 1. The van der Waals surface area contributed by atoms with E-state index in [9.17, 15) is 24.9 Å². The summed E-state index contributed by atoms with van der Waals surface area (Å²) in [6, 6.07) is 48.2. The molecule has 0 atom stereocenters. The molecule has 1 amide bonds. The fourth-order valence-electron chi connectivity index (χ4n) is 11.2. The van der Waals surface area contributed by atoms with Crippen LogP contribution in [0.15, 0.2) is 181 Å². The van der Waals surface area contributed by atoms with E-state index < -0.39 is 22.3 Å². The molecule has 0 aromatic heterocycles. The van der Waals surface area contributed by atoms with Gasteiger partial charge in [0.1, 0.15) is 22.2 Å². The minimum Gasteiger partial charge on any atom is -0.423 e. The van der Waals surface area contributed by atoms with Gasteiger partial charge < -0.3 is 30.3 Å². The SMILES string of the molecule is C.C=C(C)C(=O)NCCCN(Cc1ccccc1B(O)O)Cc1c2ccccc2c(CN(Cc2ccc(C3=C4C=CC(=[N+](C)C)C=C4[Si](C)(C)c4cc(N(C)C)ccc43)cc2)Cc2ccccc2B(O)O)c2ccccc12. The predicted octanol–water partition coefficient (Wildman–Crippen LogP) is 7.82. The third-order valence-corrected chi connectivity index (χ3v) is 18.8. The molecular weight excluding hydrogens is 968 g/mol. The van der Waals surface area contributed by atoms with Crippen molar-refractivity contribution in [3.05, 3.63) is 220 Å². The number of amides is 1. The van der Waals surface area contributed by atoms with Gasteiger partial charge in [0.15, 0.2) is 5.71 Å². The van der Waals surface area contributed by atoms with E-state index in [0.29, 0.717) is 68.7 Å². The minimum absolute atomic E-state index is 0. The zero-order chi connectivity index (χ0) is 53.8. The molecule has 10 nitrogen and oxygen atoms in total. The highest BCUT2D eigenvalue weighted by Gasteiger charge is 2.40. The van der Waals surface area contributed by atoms with Crippen LogP contribution in [0, 0.1) is 0 Å². The summed E-state index contributed by atoms with van der Waals surface area (Å²) >= 11 is 0. The first kappa shape index (κ1) is 56.3. The Kier molecular flexibility index (Phi) is 17.7. The molecule has 13 heteroatoms. The molecular formula is C64H74B2N5O5Si+. The van der Waals surface area contributed by atoms with E-state index in [1.54, 1.807) is 19.1 Å². The molecule has 0 fully saturated rings. The van der Waals surface area contributed by atoms with Gasteiger partial charge in [-0.3, -0.25) is 14.6 Å². The molecule has 77 heavy (non-hydrogen) atoms. The molecule has 7 aromatic carbocycles. The van der Waals surface area contributed by atoms with Gasteiger partial charge in [-0.15, -0.1) is 0 Å². The van der Waals surface area contributed by atoms with Gasteiger partial charge >= 0.3 is 14.2 Å².